The zero-order valence-corrected chi connectivity index (χ0v) is 9.30. The van der Waals surface area contributed by atoms with E-state index in [9.17, 15) is 5.11 Å². The Morgan fingerprint density at radius 2 is 1.81 bits per heavy atom. The zero-order valence-electron chi connectivity index (χ0n) is 9.30. The number of aromatic hydroxyl groups is 1. The normalized spacial score (nSPS) is 12.3. The smallest absolute Gasteiger partial charge is 0.115 e. The van der Waals surface area contributed by atoms with E-state index in [1.54, 1.807) is 12.1 Å². The molecule has 1 heterocycles. The van der Waals surface area contributed by atoms with E-state index in [4.69, 9.17) is 0 Å². The molecule has 1 aromatic carbocycles. The minimum Gasteiger partial charge on any atom is -0.508 e. The first-order chi connectivity index (χ1) is 7.74. The van der Waals surface area contributed by atoms with Crippen LogP contribution in [0, 0.1) is 0 Å². The predicted octanol–water partition coefficient (Wildman–Crippen LogP) is 2.37. The summed E-state index contributed by atoms with van der Waals surface area (Å²) in [5.74, 6) is 0.315. The number of phenols is 1. The summed E-state index contributed by atoms with van der Waals surface area (Å²) in [6.07, 6.45) is 4.89. The van der Waals surface area contributed by atoms with Gasteiger partial charge in [0, 0.05) is 18.4 Å². The number of rotatable bonds is 4. The molecule has 0 saturated carbocycles. The van der Waals surface area contributed by atoms with Crippen LogP contribution in [-0.2, 0) is 6.42 Å². The first-order valence-corrected chi connectivity index (χ1v) is 5.41. The van der Waals surface area contributed by atoms with Gasteiger partial charge in [-0.25, -0.2) is 0 Å². The van der Waals surface area contributed by atoms with E-state index in [1.807, 2.05) is 41.3 Å². The van der Waals surface area contributed by atoms with Crippen molar-refractivity contribution < 1.29 is 5.11 Å². The molecule has 1 aromatic heterocycles. The monoisotopic (exact) mass is 216 g/mol. The summed E-state index contributed by atoms with van der Waals surface area (Å²) in [4.78, 5) is 0. The Labute approximate surface area is 95.3 Å². The predicted molar refractivity (Wildman–Crippen MR) is 65.1 cm³/mol. The molecule has 2 rings (SSSR count). The summed E-state index contributed by atoms with van der Waals surface area (Å²) < 4.78 is 1.95. The number of hydrogen-bond donors (Lipinski definition) is 2. The fourth-order valence-electron chi connectivity index (χ4n) is 1.71. The first kappa shape index (κ1) is 10.6. The van der Waals surface area contributed by atoms with Crippen molar-refractivity contribution in [1.29, 1.82) is 0 Å². The van der Waals surface area contributed by atoms with Gasteiger partial charge in [0.05, 0.1) is 0 Å². The van der Waals surface area contributed by atoms with Crippen molar-refractivity contribution in [2.24, 2.45) is 0 Å². The Hall–Kier alpha value is -1.90. The summed E-state index contributed by atoms with van der Waals surface area (Å²) in [5, 5.41) is 9.18. The number of benzene rings is 1. The lowest BCUT2D eigenvalue weighted by Crippen LogP contribution is -2.25. The second-order valence-electron chi connectivity index (χ2n) is 3.99. The lowest BCUT2D eigenvalue weighted by atomic mass is 10.1. The van der Waals surface area contributed by atoms with Crippen LogP contribution in [0.3, 0.4) is 0 Å². The van der Waals surface area contributed by atoms with Crippen LogP contribution in [0.2, 0.25) is 0 Å². The standard InChI is InChI=1S/C13H16N2O/c1-11(14-15-8-2-3-9-15)10-12-4-6-13(16)7-5-12/h2-9,11,14,16H,10H2,1H3. The number of nitrogens with one attached hydrogen (secondary N) is 1. The molecular formula is C13H16N2O. The van der Waals surface area contributed by atoms with Crippen molar-refractivity contribution in [3.05, 3.63) is 54.4 Å². The van der Waals surface area contributed by atoms with E-state index in [2.05, 4.69) is 12.3 Å². The van der Waals surface area contributed by atoms with Gasteiger partial charge in [0.2, 0.25) is 0 Å². The maximum absolute atomic E-state index is 9.18. The minimum atomic E-state index is 0.315. The van der Waals surface area contributed by atoms with E-state index in [1.165, 1.54) is 5.56 Å². The molecule has 0 spiro atoms. The summed E-state index contributed by atoms with van der Waals surface area (Å²) in [6, 6.07) is 11.7. The van der Waals surface area contributed by atoms with Crippen LogP contribution in [-0.4, -0.2) is 15.8 Å². The van der Waals surface area contributed by atoms with Crippen molar-refractivity contribution >= 4 is 0 Å². The lowest BCUT2D eigenvalue weighted by Gasteiger charge is -2.16. The molecule has 0 fully saturated rings. The fourth-order valence-corrected chi connectivity index (χ4v) is 1.71. The molecule has 1 atom stereocenters. The highest BCUT2D eigenvalue weighted by Gasteiger charge is 2.02. The first-order valence-electron chi connectivity index (χ1n) is 5.41. The van der Waals surface area contributed by atoms with E-state index in [0.29, 0.717) is 11.8 Å². The van der Waals surface area contributed by atoms with Gasteiger partial charge in [-0.3, -0.25) is 4.68 Å². The van der Waals surface area contributed by atoms with E-state index in [0.717, 1.165) is 6.42 Å². The fraction of sp³-hybridized carbons (Fsp3) is 0.231. The van der Waals surface area contributed by atoms with Crippen LogP contribution >= 0.6 is 0 Å². The average molecular weight is 216 g/mol. The summed E-state index contributed by atoms with van der Waals surface area (Å²) in [7, 11) is 0. The Bertz CT molecular complexity index is 420. The van der Waals surface area contributed by atoms with Gasteiger partial charge >= 0.3 is 0 Å². The van der Waals surface area contributed by atoms with Gasteiger partial charge in [-0.05, 0) is 43.2 Å². The van der Waals surface area contributed by atoms with Gasteiger partial charge in [0.25, 0.3) is 0 Å². The number of hydrogen-bond acceptors (Lipinski definition) is 2. The molecule has 0 saturated heterocycles. The third kappa shape index (κ3) is 2.79. The van der Waals surface area contributed by atoms with Crippen molar-refractivity contribution in [2.45, 2.75) is 19.4 Å². The van der Waals surface area contributed by atoms with Crippen LogP contribution in [0.4, 0.5) is 0 Å². The van der Waals surface area contributed by atoms with Gasteiger partial charge in [-0.2, -0.15) is 0 Å². The number of aromatic nitrogens is 1. The molecule has 2 aromatic rings. The molecule has 0 radical (unpaired) electrons. The third-order valence-electron chi connectivity index (χ3n) is 2.45. The van der Waals surface area contributed by atoms with E-state index in [-0.39, 0.29) is 0 Å². The van der Waals surface area contributed by atoms with Crippen LogP contribution in [0.5, 0.6) is 5.75 Å². The van der Waals surface area contributed by atoms with Crippen molar-refractivity contribution in [2.75, 3.05) is 5.43 Å². The van der Waals surface area contributed by atoms with Crippen molar-refractivity contribution in [1.82, 2.24) is 4.68 Å². The van der Waals surface area contributed by atoms with Gasteiger partial charge in [-0.1, -0.05) is 12.1 Å². The second kappa shape index (κ2) is 4.75. The Balaban J connectivity index is 1.92. The van der Waals surface area contributed by atoms with Gasteiger partial charge in [-0.15, -0.1) is 0 Å². The molecule has 1 unspecified atom stereocenters. The number of nitrogens with zero attached hydrogens (tertiary/aromatic N) is 1. The Morgan fingerprint density at radius 1 is 1.19 bits per heavy atom. The molecule has 84 valence electrons. The highest BCUT2D eigenvalue weighted by Crippen LogP contribution is 2.11. The van der Waals surface area contributed by atoms with Crippen molar-refractivity contribution in [3.63, 3.8) is 0 Å². The number of phenolic OH excluding ortho intramolecular Hbond substituents is 1. The molecule has 16 heavy (non-hydrogen) atoms. The van der Waals surface area contributed by atoms with Gasteiger partial charge in [0.1, 0.15) is 5.75 Å². The van der Waals surface area contributed by atoms with Crippen LogP contribution < -0.4 is 5.43 Å². The molecule has 0 amide bonds. The topological polar surface area (TPSA) is 37.2 Å². The van der Waals surface area contributed by atoms with E-state index < -0.39 is 0 Å². The van der Waals surface area contributed by atoms with Gasteiger partial charge < -0.3 is 10.5 Å². The summed E-state index contributed by atoms with van der Waals surface area (Å²) >= 11 is 0. The molecule has 0 bridgehead atoms. The minimum absolute atomic E-state index is 0.315. The van der Waals surface area contributed by atoms with Crippen molar-refractivity contribution in [3.8, 4) is 5.75 Å². The highest BCUT2D eigenvalue weighted by molar-refractivity contribution is 5.26. The molecule has 3 nitrogen and oxygen atoms in total. The van der Waals surface area contributed by atoms with E-state index >= 15 is 0 Å². The largest absolute Gasteiger partial charge is 0.508 e. The molecule has 3 heteroatoms. The zero-order chi connectivity index (χ0) is 11.4. The Morgan fingerprint density at radius 3 is 2.44 bits per heavy atom. The second-order valence-corrected chi connectivity index (χ2v) is 3.99. The maximum atomic E-state index is 9.18. The Kier molecular flexibility index (Phi) is 3.15. The molecule has 2 N–H and O–H groups in total. The van der Waals surface area contributed by atoms with Crippen LogP contribution in [0.1, 0.15) is 12.5 Å². The maximum Gasteiger partial charge on any atom is 0.115 e. The van der Waals surface area contributed by atoms with Crippen LogP contribution in [0.25, 0.3) is 0 Å². The summed E-state index contributed by atoms with van der Waals surface area (Å²) in [5.41, 5.74) is 4.55. The average Bonchev–Trinajstić information content (AvgIpc) is 2.74. The quantitative estimate of drug-likeness (QED) is 0.823. The highest BCUT2D eigenvalue weighted by atomic mass is 16.3. The van der Waals surface area contributed by atoms with Gasteiger partial charge in [0.15, 0.2) is 0 Å². The molecule has 0 aliphatic heterocycles. The molecular weight excluding hydrogens is 200 g/mol. The molecule has 0 aliphatic rings. The molecule has 0 aliphatic carbocycles. The third-order valence-corrected chi connectivity index (χ3v) is 2.45. The summed E-state index contributed by atoms with van der Waals surface area (Å²) in [6.45, 7) is 2.13. The lowest BCUT2D eigenvalue weighted by molar-refractivity contribution is 0.475. The SMILES string of the molecule is CC(Cc1ccc(O)cc1)Nn1cccc1. The van der Waals surface area contributed by atoms with Crippen LogP contribution in [0.15, 0.2) is 48.8 Å².